The average Bonchev–Trinajstić information content (AvgIpc) is 2.88. The Morgan fingerprint density at radius 2 is 1.86 bits per heavy atom. The summed E-state index contributed by atoms with van der Waals surface area (Å²) in [4.78, 5) is 49.0. The van der Waals surface area contributed by atoms with Gasteiger partial charge in [0.2, 0.25) is 11.8 Å². The van der Waals surface area contributed by atoms with E-state index in [4.69, 9.17) is 0 Å². The summed E-state index contributed by atoms with van der Waals surface area (Å²) in [6.07, 6.45) is -0.776. The highest BCUT2D eigenvalue weighted by atomic mass is 16.5. The van der Waals surface area contributed by atoms with Gasteiger partial charge in [-0.2, -0.15) is 0 Å². The molecule has 0 radical (unpaired) electrons. The number of aliphatic carboxylic acids is 1. The average molecular weight is 315 g/mol. The van der Waals surface area contributed by atoms with Gasteiger partial charge in [0.1, 0.15) is 12.1 Å². The molecule has 0 aromatic carbocycles. The van der Waals surface area contributed by atoms with Gasteiger partial charge in [-0.25, -0.2) is 9.59 Å². The van der Waals surface area contributed by atoms with Gasteiger partial charge in [0, 0.05) is 6.92 Å². The topological polar surface area (TPSA) is 116 Å². The molecule has 0 aromatic rings. The number of amides is 3. The van der Waals surface area contributed by atoms with Crippen LogP contribution in [0, 0.1) is 5.92 Å². The summed E-state index contributed by atoms with van der Waals surface area (Å²) in [5, 5.41) is 11.6. The first-order chi connectivity index (χ1) is 10.2. The zero-order valence-electron chi connectivity index (χ0n) is 13.0. The van der Waals surface area contributed by atoms with Gasteiger partial charge in [-0.05, 0) is 5.92 Å². The summed E-state index contributed by atoms with van der Waals surface area (Å²) in [5.74, 6) is -2.34. The fraction of sp³-hybridized carbons (Fsp3) is 0.692. The van der Waals surface area contributed by atoms with Crippen molar-refractivity contribution >= 4 is 23.9 Å². The molecule has 9 heteroatoms. The van der Waals surface area contributed by atoms with Gasteiger partial charge in [0.25, 0.3) is 0 Å². The number of ether oxygens (including phenoxy) is 1. The molecule has 0 unspecified atom stereocenters. The van der Waals surface area contributed by atoms with Crippen molar-refractivity contribution in [3.63, 3.8) is 0 Å². The zero-order chi connectivity index (χ0) is 17.0. The molecular weight excluding hydrogens is 294 g/mol. The van der Waals surface area contributed by atoms with E-state index in [-0.39, 0.29) is 25.0 Å². The molecule has 0 aliphatic carbocycles. The molecule has 22 heavy (non-hydrogen) atoms. The molecule has 1 heterocycles. The Labute approximate surface area is 128 Å². The third-order valence-corrected chi connectivity index (χ3v) is 3.50. The molecule has 124 valence electrons. The normalized spacial score (nSPS) is 19.0. The van der Waals surface area contributed by atoms with E-state index in [0.29, 0.717) is 0 Å². The predicted octanol–water partition coefficient (Wildman–Crippen LogP) is -0.532. The molecule has 3 amide bonds. The maximum Gasteiger partial charge on any atom is 0.407 e. The number of methoxy groups -OCH3 is 1. The van der Waals surface area contributed by atoms with E-state index in [9.17, 15) is 24.3 Å². The molecule has 0 spiro atoms. The number of nitrogens with one attached hydrogen (secondary N) is 1. The monoisotopic (exact) mass is 315 g/mol. The van der Waals surface area contributed by atoms with E-state index in [2.05, 4.69) is 10.1 Å². The van der Waals surface area contributed by atoms with Crippen LogP contribution >= 0.6 is 0 Å². The minimum atomic E-state index is -1.20. The van der Waals surface area contributed by atoms with Crippen LogP contribution in [0.1, 0.15) is 20.8 Å². The number of hydrogen-bond donors (Lipinski definition) is 2. The molecule has 0 saturated carbocycles. The van der Waals surface area contributed by atoms with Crippen molar-refractivity contribution in [3.05, 3.63) is 0 Å². The van der Waals surface area contributed by atoms with Crippen LogP contribution < -0.4 is 5.32 Å². The second kappa shape index (κ2) is 7.10. The molecular formula is C13H21N3O6. The number of rotatable bonds is 4. The van der Waals surface area contributed by atoms with Crippen LogP contribution in [-0.2, 0) is 19.1 Å². The minimum Gasteiger partial charge on any atom is -0.480 e. The van der Waals surface area contributed by atoms with Crippen LogP contribution in [0.25, 0.3) is 0 Å². The fourth-order valence-electron chi connectivity index (χ4n) is 2.19. The molecule has 1 aliphatic heterocycles. The molecule has 0 aromatic heterocycles. The Bertz CT molecular complexity index is 478. The summed E-state index contributed by atoms with van der Waals surface area (Å²) in [6, 6.07) is -2.06. The zero-order valence-corrected chi connectivity index (χ0v) is 13.0. The molecule has 2 atom stereocenters. The number of carbonyl (C=O) groups excluding carboxylic acids is 3. The van der Waals surface area contributed by atoms with Crippen molar-refractivity contribution in [2.75, 3.05) is 20.3 Å². The Hall–Kier alpha value is -2.32. The summed E-state index contributed by atoms with van der Waals surface area (Å²) in [5.41, 5.74) is 0. The number of hydrogen-bond acceptors (Lipinski definition) is 5. The number of carboxylic acids is 1. The van der Waals surface area contributed by atoms with Crippen molar-refractivity contribution in [2.24, 2.45) is 5.92 Å². The van der Waals surface area contributed by atoms with Gasteiger partial charge >= 0.3 is 12.1 Å². The maximum absolute atomic E-state index is 12.6. The largest absolute Gasteiger partial charge is 0.480 e. The Kier molecular flexibility index (Phi) is 5.72. The molecule has 1 aliphatic rings. The van der Waals surface area contributed by atoms with Crippen LogP contribution in [0.2, 0.25) is 0 Å². The van der Waals surface area contributed by atoms with Crippen molar-refractivity contribution in [3.8, 4) is 0 Å². The molecule has 9 nitrogen and oxygen atoms in total. The summed E-state index contributed by atoms with van der Waals surface area (Å²) in [7, 11) is 1.17. The second-order valence-electron chi connectivity index (χ2n) is 5.40. The first-order valence-corrected chi connectivity index (χ1v) is 6.82. The van der Waals surface area contributed by atoms with Crippen LogP contribution in [0.3, 0.4) is 0 Å². The van der Waals surface area contributed by atoms with E-state index in [1.807, 2.05) is 0 Å². The van der Waals surface area contributed by atoms with Crippen LogP contribution in [-0.4, -0.2) is 71.2 Å². The van der Waals surface area contributed by atoms with Crippen LogP contribution in [0.4, 0.5) is 4.79 Å². The third-order valence-electron chi connectivity index (χ3n) is 3.50. The first-order valence-electron chi connectivity index (χ1n) is 6.82. The highest BCUT2D eigenvalue weighted by molar-refractivity contribution is 5.91. The van der Waals surface area contributed by atoms with E-state index in [1.54, 1.807) is 13.8 Å². The third kappa shape index (κ3) is 3.86. The lowest BCUT2D eigenvalue weighted by Crippen LogP contribution is -2.54. The van der Waals surface area contributed by atoms with Crippen molar-refractivity contribution < 1.29 is 29.0 Å². The Morgan fingerprint density at radius 3 is 2.27 bits per heavy atom. The lowest BCUT2D eigenvalue weighted by molar-refractivity contribution is -0.149. The van der Waals surface area contributed by atoms with Gasteiger partial charge in [-0.3, -0.25) is 9.59 Å². The number of nitrogens with zero attached hydrogens (tertiary/aromatic N) is 2. The first kappa shape index (κ1) is 17.7. The van der Waals surface area contributed by atoms with E-state index in [0.717, 1.165) is 4.90 Å². The summed E-state index contributed by atoms with van der Waals surface area (Å²) in [6.45, 7) is 4.55. The van der Waals surface area contributed by atoms with Gasteiger partial charge in [0.05, 0.1) is 20.3 Å². The minimum absolute atomic E-state index is 0.0700. The van der Waals surface area contributed by atoms with Gasteiger partial charge < -0.3 is 25.0 Å². The summed E-state index contributed by atoms with van der Waals surface area (Å²) >= 11 is 0. The van der Waals surface area contributed by atoms with Crippen molar-refractivity contribution in [1.29, 1.82) is 0 Å². The maximum atomic E-state index is 12.6. The van der Waals surface area contributed by atoms with E-state index in [1.165, 1.54) is 18.9 Å². The molecule has 2 N–H and O–H groups in total. The lowest BCUT2D eigenvalue weighted by Gasteiger charge is -2.28. The SMILES string of the molecule is COC(=O)N[C@H](C(=O)N1CN(C(C)=O)C[C@H]1C(=O)O)C(C)C. The highest BCUT2D eigenvalue weighted by Crippen LogP contribution is 2.17. The van der Waals surface area contributed by atoms with Gasteiger partial charge in [0.15, 0.2) is 0 Å². The lowest BCUT2D eigenvalue weighted by atomic mass is 10.0. The molecule has 1 fully saturated rings. The van der Waals surface area contributed by atoms with E-state index >= 15 is 0 Å². The quantitative estimate of drug-likeness (QED) is 0.720. The number of alkyl carbamates (subject to hydrolysis) is 1. The van der Waals surface area contributed by atoms with Crippen LogP contribution in [0.5, 0.6) is 0 Å². The molecule has 0 bridgehead atoms. The fourth-order valence-corrected chi connectivity index (χ4v) is 2.19. The number of carboxylic acid groups (broad SMARTS) is 1. The Balaban J connectivity index is 2.97. The second-order valence-corrected chi connectivity index (χ2v) is 5.40. The van der Waals surface area contributed by atoms with E-state index < -0.39 is 30.1 Å². The highest BCUT2D eigenvalue weighted by Gasteiger charge is 2.42. The Morgan fingerprint density at radius 1 is 1.27 bits per heavy atom. The van der Waals surface area contributed by atoms with Crippen LogP contribution in [0.15, 0.2) is 0 Å². The molecule has 1 rings (SSSR count). The number of carbonyl (C=O) groups is 4. The van der Waals surface area contributed by atoms with Gasteiger partial charge in [-0.1, -0.05) is 13.8 Å². The van der Waals surface area contributed by atoms with Crippen molar-refractivity contribution in [2.45, 2.75) is 32.9 Å². The predicted molar refractivity (Wildman–Crippen MR) is 74.7 cm³/mol. The standard InChI is InChI=1S/C13H21N3O6/c1-7(2)10(14-13(21)22-4)11(18)16-6-15(8(3)17)5-9(16)12(19)20/h7,9-10H,5-6H2,1-4H3,(H,14,21)(H,19,20)/t9-,10-/m0/s1. The van der Waals surface area contributed by atoms with Crippen molar-refractivity contribution in [1.82, 2.24) is 15.1 Å². The smallest absolute Gasteiger partial charge is 0.407 e. The van der Waals surface area contributed by atoms with Gasteiger partial charge in [-0.15, -0.1) is 0 Å². The molecule has 1 saturated heterocycles. The summed E-state index contributed by atoms with van der Waals surface area (Å²) < 4.78 is 4.48.